The first kappa shape index (κ1) is 19.2. The van der Waals surface area contributed by atoms with Crippen molar-refractivity contribution in [1.29, 1.82) is 0 Å². The number of aryl methyl sites for hydroxylation is 1. The van der Waals surface area contributed by atoms with E-state index in [2.05, 4.69) is 15.6 Å². The van der Waals surface area contributed by atoms with E-state index < -0.39 is 6.03 Å². The molecular formula is C21H22N4O3. The number of amides is 3. The number of oxazole rings is 1. The van der Waals surface area contributed by atoms with Crippen LogP contribution in [0.3, 0.4) is 0 Å². The summed E-state index contributed by atoms with van der Waals surface area (Å²) in [7, 11) is 0. The van der Waals surface area contributed by atoms with Gasteiger partial charge in [0, 0.05) is 30.6 Å². The number of nitrogens with zero attached hydrogens (tertiary/aromatic N) is 1. The van der Waals surface area contributed by atoms with Crippen molar-refractivity contribution < 1.29 is 14.0 Å². The van der Waals surface area contributed by atoms with Crippen molar-refractivity contribution in [3.63, 3.8) is 0 Å². The normalized spacial score (nSPS) is 10.5. The number of primary amides is 1. The van der Waals surface area contributed by atoms with Crippen LogP contribution in [0.15, 0.2) is 59.0 Å². The monoisotopic (exact) mass is 378 g/mol. The third-order valence-corrected chi connectivity index (χ3v) is 4.24. The summed E-state index contributed by atoms with van der Waals surface area (Å²) < 4.78 is 5.73. The van der Waals surface area contributed by atoms with Crippen molar-refractivity contribution in [3.05, 3.63) is 77.2 Å². The molecule has 0 spiro atoms. The van der Waals surface area contributed by atoms with Gasteiger partial charge in [-0.25, -0.2) is 9.78 Å². The van der Waals surface area contributed by atoms with Gasteiger partial charge in [0.05, 0.1) is 5.69 Å². The molecule has 3 rings (SSSR count). The lowest BCUT2D eigenvalue weighted by molar-refractivity contribution is 0.0954. The van der Waals surface area contributed by atoms with Crippen LogP contribution >= 0.6 is 0 Å². The molecule has 28 heavy (non-hydrogen) atoms. The number of benzene rings is 2. The molecule has 0 aliphatic carbocycles. The zero-order valence-corrected chi connectivity index (χ0v) is 15.6. The van der Waals surface area contributed by atoms with E-state index in [0.29, 0.717) is 31.0 Å². The molecule has 1 aromatic heterocycles. The Labute approximate surface area is 163 Å². The lowest BCUT2D eigenvalue weighted by Crippen LogP contribution is -2.28. The average Bonchev–Trinajstić information content (AvgIpc) is 3.08. The number of hydrogen-bond acceptors (Lipinski definition) is 4. The number of hydrogen-bond donors (Lipinski definition) is 3. The van der Waals surface area contributed by atoms with Gasteiger partial charge in [-0.2, -0.15) is 0 Å². The number of rotatable bonds is 7. The molecule has 0 saturated carbocycles. The zero-order chi connectivity index (χ0) is 19.9. The highest BCUT2D eigenvalue weighted by Gasteiger charge is 2.12. The molecule has 0 saturated heterocycles. The maximum Gasteiger partial charge on any atom is 0.312 e. The Kier molecular flexibility index (Phi) is 6.06. The quantitative estimate of drug-likeness (QED) is 0.587. The minimum absolute atomic E-state index is 0.168. The van der Waals surface area contributed by atoms with Gasteiger partial charge in [-0.1, -0.05) is 30.3 Å². The molecule has 144 valence electrons. The van der Waals surface area contributed by atoms with E-state index in [1.807, 2.05) is 37.3 Å². The molecule has 2 aromatic carbocycles. The molecule has 7 nitrogen and oxygen atoms in total. The zero-order valence-electron chi connectivity index (χ0n) is 15.6. The van der Waals surface area contributed by atoms with Gasteiger partial charge in [0.1, 0.15) is 5.76 Å². The van der Waals surface area contributed by atoms with E-state index >= 15 is 0 Å². The molecule has 3 amide bonds. The van der Waals surface area contributed by atoms with Crippen molar-refractivity contribution in [2.75, 3.05) is 6.54 Å². The number of aromatic nitrogens is 1. The number of carbonyl (C=O) groups is 2. The average molecular weight is 378 g/mol. The Bertz CT molecular complexity index is 950. The van der Waals surface area contributed by atoms with E-state index in [1.54, 1.807) is 24.3 Å². The molecule has 0 fully saturated rings. The molecule has 0 unspecified atom stereocenters. The third kappa shape index (κ3) is 4.97. The van der Waals surface area contributed by atoms with Crippen molar-refractivity contribution >= 4 is 11.9 Å². The fourth-order valence-corrected chi connectivity index (χ4v) is 2.72. The van der Waals surface area contributed by atoms with E-state index in [1.165, 1.54) is 0 Å². The van der Waals surface area contributed by atoms with Gasteiger partial charge in [0.15, 0.2) is 0 Å². The Hall–Kier alpha value is -3.61. The predicted octanol–water partition coefficient (Wildman–Crippen LogP) is 2.79. The van der Waals surface area contributed by atoms with Crippen molar-refractivity contribution in [1.82, 2.24) is 15.6 Å². The van der Waals surface area contributed by atoms with Gasteiger partial charge in [-0.05, 0) is 36.8 Å². The van der Waals surface area contributed by atoms with E-state index in [4.69, 9.17) is 10.2 Å². The number of nitrogens with two attached hydrogens (primary N) is 1. The minimum Gasteiger partial charge on any atom is -0.441 e. The second-order valence-electron chi connectivity index (χ2n) is 6.31. The molecular weight excluding hydrogens is 356 g/mol. The number of urea groups is 1. The highest BCUT2D eigenvalue weighted by Crippen LogP contribution is 2.21. The fourth-order valence-electron chi connectivity index (χ4n) is 2.72. The van der Waals surface area contributed by atoms with Crippen LogP contribution in [0.4, 0.5) is 4.79 Å². The summed E-state index contributed by atoms with van der Waals surface area (Å²) in [6.45, 7) is 2.65. The second-order valence-corrected chi connectivity index (χ2v) is 6.31. The Morgan fingerprint density at radius 1 is 1.04 bits per heavy atom. The van der Waals surface area contributed by atoms with Crippen LogP contribution in [0.25, 0.3) is 11.5 Å². The Morgan fingerprint density at radius 2 is 1.75 bits per heavy atom. The van der Waals surface area contributed by atoms with Crippen LogP contribution < -0.4 is 16.4 Å². The largest absolute Gasteiger partial charge is 0.441 e. The molecule has 0 bridgehead atoms. The summed E-state index contributed by atoms with van der Waals surface area (Å²) in [5.74, 6) is 1.16. The van der Waals surface area contributed by atoms with Gasteiger partial charge in [-0.3, -0.25) is 4.79 Å². The lowest BCUT2D eigenvalue weighted by atomic mass is 10.1. The van der Waals surface area contributed by atoms with Crippen molar-refractivity contribution in [3.8, 4) is 11.5 Å². The maximum absolute atomic E-state index is 12.3. The molecule has 0 aliphatic heterocycles. The molecule has 7 heteroatoms. The van der Waals surface area contributed by atoms with Crippen LogP contribution in [0.5, 0.6) is 0 Å². The highest BCUT2D eigenvalue weighted by atomic mass is 16.4. The standard InChI is InChI=1S/C21H22N4O3/c1-14-18(25-20(28-14)17-5-3-2-4-6-17)11-12-23-19(26)16-9-7-15(8-10-16)13-24-21(22)27/h2-10H,11-13H2,1H3,(H,23,26)(H3,22,24,27). The van der Waals surface area contributed by atoms with Crippen LogP contribution in [-0.4, -0.2) is 23.5 Å². The minimum atomic E-state index is -0.583. The number of carbonyl (C=O) groups excluding carboxylic acids is 2. The molecule has 1 heterocycles. The van der Waals surface area contributed by atoms with Crippen molar-refractivity contribution in [2.45, 2.75) is 19.9 Å². The number of nitrogens with one attached hydrogen (secondary N) is 2. The second kappa shape index (κ2) is 8.85. The van der Waals surface area contributed by atoms with Gasteiger partial charge in [-0.15, -0.1) is 0 Å². The molecule has 4 N–H and O–H groups in total. The summed E-state index contributed by atoms with van der Waals surface area (Å²) in [6, 6.07) is 16.1. The first-order chi connectivity index (χ1) is 13.5. The van der Waals surface area contributed by atoms with Crippen LogP contribution in [-0.2, 0) is 13.0 Å². The van der Waals surface area contributed by atoms with Crippen LogP contribution in [0, 0.1) is 6.92 Å². The smallest absolute Gasteiger partial charge is 0.312 e. The summed E-state index contributed by atoms with van der Waals surface area (Å²) in [5.41, 5.74) is 8.20. The molecule has 3 aromatic rings. The molecule has 0 atom stereocenters. The Balaban J connectivity index is 1.53. The van der Waals surface area contributed by atoms with E-state index in [-0.39, 0.29) is 5.91 Å². The maximum atomic E-state index is 12.3. The van der Waals surface area contributed by atoms with Crippen LogP contribution in [0.2, 0.25) is 0 Å². The summed E-state index contributed by atoms with van der Waals surface area (Å²) >= 11 is 0. The van der Waals surface area contributed by atoms with E-state index in [9.17, 15) is 9.59 Å². The van der Waals surface area contributed by atoms with E-state index in [0.717, 1.165) is 22.6 Å². The summed E-state index contributed by atoms with van der Waals surface area (Å²) in [6.07, 6.45) is 0.578. The fraction of sp³-hybridized carbons (Fsp3) is 0.190. The van der Waals surface area contributed by atoms with Crippen LogP contribution in [0.1, 0.15) is 27.4 Å². The first-order valence-electron chi connectivity index (χ1n) is 8.95. The van der Waals surface area contributed by atoms with Gasteiger partial charge in [0.25, 0.3) is 5.91 Å². The lowest BCUT2D eigenvalue weighted by Gasteiger charge is -2.06. The molecule has 0 aliphatic rings. The van der Waals surface area contributed by atoms with Gasteiger partial charge >= 0.3 is 6.03 Å². The highest BCUT2D eigenvalue weighted by molar-refractivity contribution is 5.94. The molecule has 0 radical (unpaired) electrons. The van der Waals surface area contributed by atoms with Gasteiger partial charge < -0.3 is 20.8 Å². The summed E-state index contributed by atoms with van der Waals surface area (Å²) in [5, 5.41) is 5.39. The van der Waals surface area contributed by atoms with Gasteiger partial charge in [0.2, 0.25) is 5.89 Å². The SMILES string of the molecule is Cc1oc(-c2ccccc2)nc1CCNC(=O)c1ccc(CNC(N)=O)cc1. The first-order valence-corrected chi connectivity index (χ1v) is 8.95. The third-order valence-electron chi connectivity index (χ3n) is 4.24. The van der Waals surface area contributed by atoms with Crippen molar-refractivity contribution in [2.24, 2.45) is 5.73 Å². The predicted molar refractivity (Wildman–Crippen MR) is 106 cm³/mol. The topological polar surface area (TPSA) is 110 Å². The Morgan fingerprint density at radius 3 is 2.43 bits per heavy atom. The summed E-state index contributed by atoms with van der Waals surface area (Å²) in [4.78, 5) is 27.5.